The maximum Gasteiger partial charge on any atom is 0.0575 e. The van der Waals surface area contributed by atoms with E-state index in [1.165, 1.54) is 0 Å². The summed E-state index contributed by atoms with van der Waals surface area (Å²) in [5.41, 5.74) is 8.29. The van der Waals surface area contributed by atoms with Gasteiger partial charge in [0.05, 0.1) is 11.4 Å². The first kappa shape index (κ1) is 8.21. The van der Waals surface area contributed by atoms with E-state index >= 15 is 0 Å². The molecule has 0 heterocycles. The fourth-order valence-electron chi connectivity index (χ4n) is 0.913. The van der Waals surface area contributed by atoms with Crippen molar-refractivity contribution in [2.24, 2.45) is 0 Å². The molecule has 1 rings (SSSR count). The number of benzene rings is 1. The van der Waals surface area contributed by atoms with Crippen molar-refractivity contribution < 1.29 is 0 Å². The predicted octanol–water partition coefficient (Wildman–Crippen LogP) is 2.27. The molecule has 0 aliphatic heterocycles. The highest BCUT2D eigenvalue weighted by atomic mass is 35.5. The first-order valence-electron chi connectivity index (χ1n) is 3.38. The van der Waals surface area contributed by atoms with Crippen LogP contribution in [0, 0.1) is 6.92 Å². The van der Waals surface area contributed by atoms with E-state index < -0.39 is 0 Å². The van der Waals surface area contributed by atoms with Crippen molar-refractivity contribution in [1.29, 1.82) is 0 Å². The van der Waals surface area contributed by atoms with Gasteiger partial charge in [0.1, 0.15) is 0 Å². The van der Waals surface area contributed by atoms with Crippen LogP contribution in [0.1, 0.15) is 5.56 Å². The monoisotopic (exact) mass is 170 g/mol. The molecule has 3 heteroatoms. The Bertz CT molecular complexity index is 271. The molecule has 0 saturated heterocycles. The van der Waals surface area contributed by atoms with E-state index in [0.717, 1.165) is 11.3 Å². The van der Waals surface area contributed by atoms with E-state index in [2.05, 4.69) is 5.32 Å². The fourth-order valence-corrected chi connectivity index (χ4v) is 1.09. The van der Waals surface area contributed by atoms with Crippen molar-refractivity contribution in [2.75, 3.05) is 18.1 Å². The van der Waals surface area contributed by atoms with Crippen LogP contribution in [0.2, 0.25) is 5.02 Å². The first-order chi connectivity index (χ1) is 5.15. The molecule has 0 fully saturated rings. The van der Waals surface area contributed by atoms with E-state index in [-0.39, 0.29) is 0 Å². The molecule has 0 aliphatic carbocycles. The zero-order chi connectivity index (χ0) is 8.43. The minimum absolute atomic E-state index is 0.683. The average molecular weight is 171 g/mol. The van der Waals surface area contributed by atoms with Gasteiger partial charge in [-0.05, 0) is 24.6 Å². The second-order valence-electron chi connectivity index (χ2n) is 2.44. The van der Waals surface area contributed by atoms with Gasteiger partial charge in [0.2, 0.25) is 0 Å². The number of hydrogen-bond donors (Lipinski definition) is 2. The van der Waals surface area contributed by atoms with Gasteiger partial charge >= 0.3 is 0 Å². The molecule has 3 N–H and O–H groups in total. The quantitative estimate of drug-likeness (QED) is 0.635. The third-order valence-corrected chi connectivity index (χ3v) is 2.01. The van der Waals surface area contributed by atoms with Gasteiger partial charge in [0.15, 0.2) is 0 Å². The van der Waals surface area contributed by atoms with Crippen molar-refractivity contribution in [2.45, 2.75) is 6.92 Å². The maximum absolute atomic E-state index is 5.84. The van der Waals surface area contributed by atoms with Crippen molar-refractivity contribution in [3.05, 3.63) is 22.7 Å². The molecule has 11 heavy (non-hydrogen) atoms. The molecule has 0 unspecified atom stereocenters. The van der Waals surface area contributed by atoms with E-state index in [9.17, 15) is 0 Å². The summed E-state index contributed by atoms with van der Waals surface area (Å²) in [6, 6.07) is 3.68. The van der Waals surface area contributed by atoms with Crippen LogP contribution >= 0.6 is 11.6 Å². The zero-order valence-electron chi connectivity index (χ0n) is 6.61. The Hall–Kier alpha value is -0.890. The van der Waals surface area contributed by atoms with E-state index in [1.54, 1.807) is 6.07 Å². The lowest BCUT2D eigenvalue weighted by Gasteiger charge is -2.06. The Morgan fingerprint density at radius 1 is 1.45 bits per heavy atom. The average Bonchev–Trinajstić information content (AvgIpc) is 1.97. The van der Waals surface area contributed by atoms with Gasteiger partial charge in [0.25, 0.3) is 0 Å². The molecular formula is C8H11ClN2. The van der Waals surface area contributed by atoms with Crippen LogP contribution < -0.4 is 11.1 Å². The summed E-state index contributed by atoms with van der Waals surface area (Å²) in [6.45, 7) is 1.95. The van der Waals surface area contributed by atoms with Crippen LogP contribution in [-0.2, 0) is 0 Å². The number of halogens is 1. The molecule has 2 nitrogen and oxygen atoms in total. The van der Waals surface area contributed by atoms with Crippen LogP contribution in [0.4, 0.5) is 11.4 Å². The molecule has 0 aromatic heterocycles. The summed E-state index contributed by atoms with van der Waals surface area (Å²) >= 11 is 5.84. The standard InChI is InChI=1S/C8H11ClN2/c1-5-3-8(11-2)7(10)4-6(5)9/h3-4,11H,10H2,1-2H3. The summed E-state index contributed by atoms with van der Waals surface area (Å²) in [5, 5.41) is 3.69. The van der Waals surface area contributed by atoms with Crippen LogP contribution in [0.25, 0.3) is 0 Å². The Morgan fingerprint density at radius 2 is 2.09 bits per heavy atom. The second-order valence-corrected chi connectivity index (χ2v) is 2.85. The van der Waals surface area contributed by atoms with Crippen LogP contribution in [0.3, 0.4) is 0 Å². The number of anilines is 2. The van der Waals surface area contributed by atoms with Gasteiger partial charge in [-0.25, -0.2) is 0 Å². The number of hydrogen-bond acceptors (Lipinski definition) is 2. The zero-order valence-corrected chi connectivity index (χ0v) is 7.37. The van der Waals surface area contributed by atoms with Crippen LogP contribution in [-0.4, -0.2) is 7.05 Å². The molecular weight excluding hydrogens is 160 g/mol. The van der Waals surface area contributed by atoms with Gasteiger partial charge in [-0.15, -0.1) is 0 Å². The second kappa shape index (κ2) is 3.01. The summed E-state index contributed by atoms with van der Waals surface area (Å²) in [4.78, 5) is 0. The molecule has 0 spiro atoms. The van der Waals surface area contributed by atoms with Gasteiger partial charge in [-0.1, -0.05) is 11.6 Å². The molecule has 1 aromatic carbocycles. The fraction of sp³-hybridized carbons (Fsp3) is 0.250. The Kier molecular flexibility index (Phi) is 2.25. The lowest BCUT2D eigenvalue weighted by molar-refractivity contribution is 1.43. The van der Waals surface area contributed by atoms with Crippen LogP contribution in [0.15, 0.2) is 12.1 Å². The molecule has 0 radical (unpaired) electrons. The number of nitrogen functional groups attached to an aromatic ring is 1. The largest absolute Gasteiger partial charge is 0.397 e. The SMILES string of the molecule is CNc1cc(C)c(Cl)cc1N. The van der Waals surface area contributed by atoms with Crippen molar-refractivity contribution in [3.63, 3.8) is 0 Å². The third-order valence-electron chi connectivity index (χ3n) is 1.60. The highest BCUT2D eigenvalue weighted by molar-refractivity contribution is 6.31. The smallest absolute Gasteiger partial charge is 0.0575 e. The van der Waals surface area contributed by atoms with Crippen molar-refractivity contribution >= 4 is 23.0 Å². The minimum Gasteiger partial charge on any atom is -0.397 e. The highest BCUT2D eigenvalue weighted by Crippen LogP contribution is 2.25. The summed E-state index contributed by atoms with van der Waals surface area (Å²) in [5.74, 6) is 0. The number of nitrogens with two attached hydrogens (primary N) is 1. The van der Waals surface area contributed by atoms with Crippen LogP contribution in [0.5, 0.6) is 0 Å². The molecule has 0 atom stereocenters. The van der Waals surface area contributed by atoms with Gasteiger partial charge in [0, 0.05) is 12.1 Å². The van der Waals surface area contributed by atoms with E-state index in [0.29, 0.717) is 10.7 Å². The maximum atomic E-state index is 5.84. The molecule has 0 amide bonds. The van der Waals surface area contributed by atoms with Gasteiger partial charge in [-0.2, -0.15) is 0 Å². The molecule has 0 aliphatic rings. The molecule has 0 saturated carbocycles. The summed E-state index contributed by atoms with van der Waals surface area (Å²) in [6.07, 6.45) is 0. The van der Waals surface area contributed by atoms with E-state index in [1.807, 2.05) is 20.0 Å². The number of nitrogens with one attached hydrogen (secondary N) is 1. The third kappa shape index (κ3) is 1.57. The van der Waals surface area contributed by atoms with Gasteiger partial charge < -0.3 is 11.1 Å². The Labute approximate surface area is 71.4 Å². The lowest BCUT2D eigenvalue weighted by atomic mass is 10.2. The Balaban J connectivity index is 3.21. The molecule has 60 valence electrons. The van der Waals surface area contributed by atoms with Crippen molar-refractivity contribution in [1.82, 2.24) is 0 Å². The molecule has 1 aromatic rings. The first-order valence-corrected chi connectivity index (χ1v) is 3.76. The Morgan fingerprint density at radius 3 is 2.64 bits per heavy atom. The van der Waals surface area contributed by atoms with Crippen molar-refractivity contribution in [3.8, 4) is 0 Å². The normalized spacial score (nSPS) is 9.73. The topological polar surface area (TPSA) is 38.0 Å². The molecule has 0 bridgehead atoms. The number of aryl methyl sites for hydroxylation is 1. The number of rotatable bonds is 1. The lowest BCUT2D eigenvalue weighted by Crippen LogP contribution is -1.96. The summed E-state index contributed by atoms with van der Waals surface area (Å²) < 4.78 is 0. The highest BCUT2D eigenvalue weighted by Gasteiger charge is 2.00. The van der Waals surface area contributed by atoms with E-state index in [4.69, 9.17) is 17.3 Å². The summed E-state index contributed by atoms with van der Waals surface area (Å²) in [7, 11) is 1.83. The van der Waals surface area contributed by atoms with Gasteiger partial charge in [-0.3, -0.25) is 0 Å². The predicted molar refractivity (Wildman–Crippen MR) is 50.1 cm³/mol. The minimum atomic E-state index is 0.683.